The molecule has 0 saturated carbocycles. The number of anilines is 2. The Bertz CT molecular complexity index is 2000. The number of likely N-dealkylation sites (N-methyl/N-ethyl adjacent to an activating group) is 1. The van der Waals surface area contributed by atoms with Crippen LogP contribution in [0.5, 0.6) is 5.75 Å². The van der Waals surface area contributed by atoms with Gasteiger partial charge in [0.1, 0.15) is 11.9 Å². The maximum atomic E-state index is 13.7. The molecule has 0 fully saturated rings. The molecule has 0 unspecified atom stereocenters. The van der Waals surface area contributed by atoms with Gasteiger partial charge >= 0.3 is 6.03 Å². The van der Waals surface area contributed by atoms with Gasteiger partial charge in [-0.2, -0.15) is 0 Å². The van der Waals surface area contributed by atoms with Crippen LogP contribution in [-0.2, 0) is 29.5 Å². The van der Waals surface area contributed by atoms with E-state index in [2.05, 4.69) is 10.6 Å². The van der Waals surface area contributed by atoms with E-state index < -0.39 is 12.1 Å². The number of aliphatic hydroxyl groups excluding tert-OH is 1. The van der Waals surface area contributed by atoms with E-state index in [0.29, 0.717) is 29.2 Å². The highest BCUT2D eigenvalue weighted by Crippen LogP contribution is 2.30. The average Bonchev–Trinajstić information content (AvgIpc) is 3.43. The summed E-state index contributed by atoms with van der Waals surface area (Å²) in [6.45, 7) is 4.20. The number of aromatic nitrogens is 1. The van der Waals surface area contributed by atoms with Crippen LogP contribution in [0.1, 0.15) is 25.0 Å². The fourth-order valence-corrected chi connectivity index (χ4v) is 6.57. The Labute approximate surface area is 286 Å². The van der Waals surface area contributed by atoms with Gasteiger partial charge in [-0.05, 0) is 48.2 Å². The van der Waals surface area contributed by atoms with E-state index in [-0.39, 0.29) is 49.8 Å². The summed E-state index contributed by atoms with van der Waals surface area (Å²) in [6.07, 6.45) is 1.72. The number of urea groups is 1. The normalized spacial score (nSPS) is 17.0. The molecule has 2 heterocycles. The van der Waals surface area contributed by atoms with Crippen LogP contribution in [0.3, 0.4) is 0 Å². The molecule has 1 aromatic heterocycles. The predicted molar refractivity (Wildman–Crippen MR) is 193 cm³/mol. The van der Waals surface area contributed by atoms with Crippen molar-refractivity contribution >= 4 is 50.9 Å². The van der Waals surface area contributed by atoms with Crippen LogP contribution in [-0.4, -0.2) is 76.2 Å². The molecule has 10 heteroatoms. The Morgan fingerprint density at radius 1 is 1.00 bits per heavy atom. The summed E-state index contributed by atoms with van der Waals surface area (Å²) in [6, 6.07) is 26.3. The number of aryl methyl sites for hydroxylation is 1. The van der Waals surface area contributed by atoms with E-state index in [0.717, 1.165) is 27.2 Å². The summed E-state index contributed by atoms with van der Waals surface area (Å²) < 4.78 is 8.62. The second-order valence-electron chi connectivity index (χ2n) is 13.1. The van der Waals surface area contributed by atoms with Crippen LogP contribution in [0.25, 0.3) is 21.7 Å². The molecule has 3 N–H and O–H groups in total. The van der Waals surface area contributed by atoms with E-state index in [1.54, 1.807) is 35.0 Å². The zero-order chi connectivity index (χ0) is 34.7. The molecule has 0 aliphatic carbocycles. The summed E-state index contributed by atoms with van der Waals surface area (Å²) in [5.41, 5.74) is 3.87. The van der Waals surface area contributed by atoms with Crippen LogP contribution >= 0.6 is 0 Å². The van der Waals surface area contributed by atoms with Crippen molar-refractivity contribution in [3.8, 4) is 5.75 Å². The first-order valence-corrected chi connectivity index (χ1v) is 16.6. The highest BCUT2D eigenvalue weighted by molar-refractivity contribution is 6.01. The first-order valence-electron chi connectivity index (χ1n) is 16.6. The summed E-state index contributed by atoms with van der Waals surface area (Å²) in [7, 11) is 3.68. The molecule has 0 spiro atoms. The number of rotatable bonds is 8. The number of amides is 4. The third-order valence-electron chi connectivity index (χ3n) is 9.36. The van der Waals surface area contributed by atoms with Crippen LogP contribution in [0.2, 0.25) is 0 Å². The summed E-state index contributed by atoms with van der Waals surface area (Å²) in [4.78, 5) is 43.6. The first kappa shape index (κ1) is 33.5. The Balaban J connectivity index is 1.22. The van der Waals surface area contributed by atoms with Crippen molar-refractivity contribution in [3.05, 3.63) is 102 Å². The SMILES string of the molecule is C[C@H](CO)N1C[C@H](C)[C@@H](CN(C)C(=O)Nc2cccc3ccccc23)Oc2ccc(NC(=O)Cc3cn(C)c4ccccc34)cc2CC1=O. The van der Waals surface area contributed by atoms with Gasteiger partial charge in [0, 0.05) is 60.3 Å². The number of hydrogen-bond donors (Lipinski definition) is 3. The van der Waals surface area contributed by atoms with E-state index >= 15 is 0 Å². The third-order valence-corrected chi connectivity index (χ3v) is 9.36. The predicted octanol–water partition coefficient (Wildman–Crippen LogP) is 5.83. The second kappa shape index (κ2) is 14.4. The smallest absolute Gasteiger partial charge is 0.321 e. The van der Waals surface area contributed by atoms with Gasteiger partial charge in [0.15, 0.2) is 0 Å². The zero-order valence-corrected chi connectivity index (χ0v) is 28.3. The van der Waals surface area contributed by atoms with Crippen LogP contribution < -0.4 is 15.4 Å². The van der Waals surface area contributed by atoms with E-state index in [1.807, 2.05) is 98.4 Å². The number of benzene rings is 4. The number of carbonyl (C=O) groups is 3. The van der Waals surface area contributed by atoms with Gasteiger partial charge in [0.2, 0.25) is 11.8 Å². The van der Waals surface area contributed by atoms with Crippen molar-refractivity contribution in [1.82, 2.24) is 14.4 Å². The van der Waals surface area contributed by atoms with Crippen LogP contribution in [0.15, 0.2) is 91.1 Å². The number of fused-ring (bicyclic) bond motifs is 3. The lowest BCUT2D eigenvalue weighted by atomic mass is 10.0. The molecule has 5 aromatic rings. The lowest BCUT2D eigenvalue weighted by Gasteiger charge is -2.34. The number of ether oxygens (including phenoxy) is 1. The van der Waals surface area contributed by atoms with Crippen molar-refractivity contribution in [3.63, 3.8) is 0 Å². The molecule has 6 rings (SSSR count). The number of nitrogens with one attached hydrogen (secondary N) is 2. The minimum atomic E-state index is -0.479. The first-order chi connectivity index (χ1) is 23.6. The molecule has 0 bridgehead atoms. The summed E-state index contributed by atoms with van der Waals surface area (Å²) in [5, 5.41) is 19.1. The van der Waals surface area contributed by atoms with E-state index in [4.69, 9.17) is 4.74 Å². The number of nitrogens with zero attached hydrogens (tertiary/aromatic N) is 3. The van der Waals surface area contributed by atoms with Gasteiger partial charge in [0.05, 0.1) is 37.7 Å². The van der Waals surface area contributed by atoms with Crippen molar-refractivity contribution in [1.29, 1.82) is 0 Å². The van der Waals surface area contributed by atoms with Crippen molar-refractivity contribution < 1.29 is 24.2 Å². The summed E-state index contributed by atoms with van der Waals surface area (Å²) in [5.74, 6) is 0.00283. The van der Waals surface area contributed by atoms with Crippen LogP contribution in [0.4, 0.5) is 16.2 Å². The average molecular weight is 662 g/mol. The fraction of sp³-hybridized carbons (Fsp3) is 0.308. The molecule has 1 aliphatic heterocycles. The Morgan fingerprint density at radius 2 is 1.73 bits per heavy atom. The monoisotopic (exact) mass is 661 g/mol. The molecular weight excluding hydrogens is 618 g/mol. The van der Waals surface area contributed by atoms with Gasteiger partial charge < -0.3 is 34.8 Å². The Hall–Kier alpha value is -5.35. The molecule has 254 valence electrons. The van der Waals surface area contributed by atoms with Crippen molar-refractivity contribution in [2.75, 3.05) is 37.4 Å². The second-order valence-corrected chi connectivity index (χ2v) is 13.1. The van der Waals surface area contributed by atoms with Gasteiger partial charge in [-0.3, -0.25) is 9.59 Å². The molecule has 1 aliphatic rings. The number of carbonyl (C=O) groups excluding carboxylic acids is 3. The maximum Gasteiger partial charge on any atom is 0.321 e. The van der Waals surface area contributed by atoms with Crippen LogP contribution in [0, 0.1) is 5.92 Å². The van der Waals surface area contributed by atoms with E-state index in [9.17, 15) is 19.5 Å². The molecule has 4 aromatic carbocycles. The minimum absolute atomic E-state index is 0.0313. The zero-order valence-electron chi connectivity index (χ0n) is 28.3. The molecule has 49 heavy (non-hydrogen) atoms. The molecule has 10 nitrogen and oxygen atoms in total. The standard InChI is InChI=1S/C39H43N5O5/c1-25-21-44(26(2)24-45)38(47)20-28-18-30(40-37(46)19-29-22-42(3)34-15-8-7-13-32(29)34)16-17-35(28)49-36(25)23-43(4)39(48)41-33-14-9-11-27-10-5-6-12-31(27)33/h5-18,22,25-26,36,45H,19-21,23-24H2,1-4H3,(H,40,46)(H,41,48)/t25-,26+,36+/m0/s1. The maximum absolute atomic E-state index is 13.7. The Kier molecular flexibility index (Phi) is 9.87. The molecule has 0 radical (unpaired) electrons. The molecule has 0 saturated heterocycles. The van der Waals surface area contributed by atoms with Gasteiger partial charge in [-0.15, -0.1) is 0 Å². The third kappa shape index (κ3) is 7.39. The lowest BCUT2D eigenvalue weighted by molar-refractivity contribution is -0.134. The lowest BCUT2D eigenvalue weighted by Crippen LogP contribution is -2.48. The fourth-order valence-electron chi connectivity index (χ4n) is 6.57. The molecule has 4 amide bonds. The number of para-hydroxylation sites is 1. The highest BCUT2D eigenvalue weighted by atomic mass is 16.5. The molecule has 3 atom stereocenters. The van der Waals surface area contributed by atoms with E-state index in [1.165, 1.54) is 0 Å². The van der Waals surface area contributed by atoms with Gasteiger partial charge in [-0.25, -0.2) is 4.79 Å². The number of hydrogen-bond acceptors (Lipinski definition) is 5. The quantitative estimate of drug-likeness (QED) is 0.194. The highest BCUT2D eigenvalue weighted by Gasteiger charge is 2.32. The Morgan fingerprint density at radius 3 is 2.53 bits per heavy atom. The number of aliphatic hydroxyl groups is 1. The van der Waals surface area contributed by atoms with Crippen molar-refractivity contribution in [2.24, 2.45) is 13.0 Å². The summed E-state index contributed by atoms with van der Waals surface area (Å²) >= 11 is 0. The minimum Gasteiger partial charge on any atom is -0.488 e. The topological polar surface area (TPSA) is 116 Å². The van der Waals surface area contributed by atoms with Crippen molar-refractivity contribution in [2.45, 2.75) is 38.8 Å². The largest absolute Gasteiger partial charge is 0.488 e. The van der Waals surface area contributed by atoms with Gasteiger partial charge in [0.25, 0.3) is 0 Å². The van der Waals surface area contributed by atoms with Gasteiger partial charge in [-0.1, -0.05) is 61.5 Å². The molecular formula is C39H43N5O5.